The van der Waals surface area contributed by atoms with Crippen molar-refractivity contribution in [3.8, 4) is 0 Å². The van der Waals surface area contributed by atoms with Gasteiger partial charge in [0.25, 0.3) is 10.0 Å². The number of hydrogen-bond acceptors (Lipinski definition) is 3. The average Bonchev–Trinajstić information content (AvgIpc) is 2.38. The summed E-state index contributed by atoms with van der Waals surface area (Å²) in [4.78, 5) is 10.7. The van der Waals surface area contributed by atoms with E-state index in [9.17, 15) is 17.6 Å². The summed E-state index contributed by atoms with van der Waals surface area (Å²) in [5, 5.41) is 8.91. The Morgan fingerprint density at radius 2 is 1.90 bits per heavy atom. The maximum absolute atomic E-state index is 13.1. The summed E-state index contributed by atoms with van der Waals surface area (Å²) in [5.74, 6) is -1.83. The van der Waals surface area contributed by atoms with Crippen LogP contribution in [-0.4, -0.2) is 19.5 Å². The third-order valence-electron chi connectivity index (χ3n) is 2.54. The molecule has 110 valence electrons. The number of anilines is 1. The molecule has 0 spiro atoms. The topological polar surface area (TPSA) is 83.5 Å². The lowest BCUT2D eigenvalue weighted by molar-refractivity contribution is 0.0696. The van der Waals surface area contributed by atoms with Crippen LogP contribution in [0.5, 0.6) is 0 Å². The predicted octanol–water partition coefficient (Wildman–Crippen LogP) is 3.09. The first-order chi connectivity index (χ1) is 9.79. The van der Waals surface area contributed by atoms with Crippen LogP contribution < -0.4 is 4.72 Å². The molecule has 0 unspecified atom stereocenters. The minimum Gasteiger partial charge on any atom is -0.478 e. The van der Waals surface area contributed by atoms with Crippen molar-refractivity contribution in [2.45, 2.75) is 4.90 Å². The molecule has 2 aromatic rings. The molecule has 0 heterocycles. The summed E-state index contributed by atoms with van der Waals surface area (Å²) < 4.78 is 40.0. The molecule has 5 nitrogen and oxygen atoms in total. The van der Waals surface area contributed by atoms with E-state index in [0.29, 0.717) is 0 Å². The largest absolute Gasteiger partial charge is 0.478 e. The van der Waals surface area contributed by atoms with E-state index >= 15 is 0 Å². The molecule has 0 aliphatic heterocycles. The van der Waals surface area contributed by atoms with Gasteiger partial charge in [-0.1, -0.05) is 6.07 Å². The Bertz CT molecular complexity index is 808. The molecule has 0 bridgehead atoms. The van der Waals surface area contributed by atoms with Gasteiger partial charge in [0, 0.05) is 4.47 Å². The normalized spacial score (nSPS) is 11.1. The Balaban J connectivity index is 2.44. The van der Waals surface area contributed by atoms with Crippen LogP contribution in [0, 0.1) is 5.82 Å². The van der Waals surface area contributed by atoms with Gasteiger partial charge in [-0.3, -0.25) is 4.72 Å². The van der Waals surface area contributed by atoms with Gasteiger partial charge in [0.15, 0.2) is 0 Å². The first-order valence-electron chi connectivity index (χ1n) is 5.61. The van der Waals surface area contributed by atoms with Gasteiger partial charge in [0.2, 0.25) is 0 Å². The molecular weight excluding hydrogens is 365 g/mol. The van der Waals surface area contributed by atoms with E-state index in [1.807, 2.05) is 0 Å². The molecule has 0 atom stereocenters. The number of hydrogen-bond donors (Lipinski definition) is 2. The number of carbonyl (C=O) groups is 1. The van der Waals surface area contributed by atoms with E-state index in [1.165, 1.54) is 30.3 Å². The van der Waals surface area contributed by atoms with E-state index in [-0.39, 0.29) is 20.6 Å². The second-order valence-electron chi connectivity index (χ2n) is 4.07. The highest BCUT2D eigenvalue weighted by Gasteiger charge is 2.20. The molecule has 0 aliphatic carbocycles. The highest BCUT2D eigenvalue weighted by molar-refractivity contribution is 9.10. The van der Waals surface area contributed by atoms with Crippen LogP contribution >= 0.6 is 15.9 Å². The lowest BCUT2D eigenvalue weighted by Gasteiger charge is -2.10. The minimum absolute atomic E-state index is 0.0441. The van der Waals surface area contributed by atoms with Crippen LogP contribution in [0.1, 0.15) is 10.4 Å². The van der Waals surface area contributed by atoms with Gasteiger partial charge in [0.1, 0.15) is 10.7 Å². The van der Waals surface area contributed by atoms with Crippen molar-refractivity contribution in [1.82, 2.24) is 0 Å². The number of benzene rings is 2. The first-order valence-corrected chi connectivity index (χ1v) is 7.88. The number of carboxylic acid groups (broad SMARTS) is 1. The summed E-state index contributed by atoms with van der Waals surface area (Å²) in [6, 6.07) is 8.56. The van der Waals surface area contributed by atoms with E-state index in [0.717, 1.165) is 12.1 Å². The molecule has 0 aromatic heterocycles. The molecule has 8 heteroatoms. The average molecular weight is 374 g/mol. The smallest absolute Gasteiger partial charge is 0.335 e. The summed E-state index contributed by atoms with van der Waals surface area (Å²) in [6.07, 6.45) is 0. The number of rotatable bonds is 4. The maximum Gasteiger partial charge on any atom is 0.335 e. The Labute approximate surface area is 128 Å². The van der Waals surface area contributed by atoms with Crippen LogP contribution in [0.2, 0.25) is 0 Å². The molecule has 0 aliphatic rings. The SMILES string of the molecule is O=C(O)c1ccc(Br)c(S(=O)(=O)Nc2cccc(F)c2)c1. The van der Waals surface area contributed by atoms with Crippen LogP contribution in [0.25, 0.3) is 0 Å². The minimum atomic E-state index is -4.04. The van der Waals surface area contributed by atoms with Crippen molar-refractivity contribution in [2.24, 2.45) is 0 Å². The Morgan fingerprint density at radius 3 is 2.52 bits per heavy atom. The molecule has 0 radical (unpaired) electrons. The maximum atomic E-state index is 13.1. The van der Waals surface area contributed by atoms with Gasteiger partial charge in [-0.25, -0.2) is 17.6 Å². The molecule has 0 saturated heterocycles. The summed E-state index contributed by atoms with van der Waals surface area (Å²) in [6.45, 7) is 0. The second-order valence-corrected chi connectivity index (χ2v) is 6.57. The second kappa shape index (κ2) is 5.82. The van der Waals surface area contributed by atoms with Crippen molar-refractivity contribution in [3.63, 3.8) is 0 Å². The highest BCUT2D eigenvalue weighted by Crippen LogP contribution is 2.25. The third kappa shape index (κ3) is 3.59. The van der Waals surface area contributed by atoms with Crippen molar-refractivity contribution < 1.29 is 22.7 Å². The van der Waals surface area contributed by atoms with Gasteiger partial charge in [-0.15, -0.1) is 0 Å². The number of halogens is 2. The van der Waals surface area contributed by atoms with Crippen LogP contribution in [0.3, 0.4) is 0 Å². The molecule has 0 saturated carbocycles. The standard InChI is InChI=1S/C13H9BrFNO4S/c14-11-5-4-8(13(17)18)6-12(11)21(19,20)16-10-3-1-2-9(15)7-10/h1-7,16H,(H,17,18). The highest BCUT2D eigenvalue weighted by atomic mass is 79.9. The Morgan fingerprint density at radius 1 is 1.19 bits per heavy atom. The van der Waals surface area contributed by atoms with Crippen molar-refractivity contribution >= 4 is 37.6 Å². The Hall–Kier alpha value is -1.93. The fourth-order valence-corrected chi connectivity index (χ4v) is 3.64. The molecule has 0 amide bonds. The number of aromatic carboxylic acids is 1. The zero-order chi connectivity index (χ0) is 15.6. The molecular formula is C13H9BrFNO4S. The zero-order valence-electron chi connectivity index (χ0n) is 10.4. The predicted molar refractivity (Wildman–Crippen MR) is 78.3 cm³/mol. The van der Waals surface area contributed by atoms with Crippen molar-refractivity contribution in [1.29, 1.82) is 0 Å². The monoisotopic (exact) mass is 373 g/mol. The number of carboxylic acids is 1. The molecule has 0 fully saturated rings. The number of nitrogens with one attached hydrogen (secondary N) is 1. The van der Waals surface area contributed by atoms with Crippen LogP contribution in [-0.2, 0) is 10.0 Å². The van der Waals surface area contributed by atoms with Gasteiger partial charge < -0.3 is 5.11 Å². The van der Waals surface area contributed by atoms with Gasteiger partial charge in [-0.05, 0) is 52.3 Å². The summed E-state index contributed by atoms with van der Waals surface area (Å²) in [7, 11) is -4.04. The lowest BCUT2D eigenvalue weighted by atomic mass is 10.2. The molecule has 2 aromatic carbocycles. The summed E-state index contributed by atoms with van der Waals surface area (Å²) >= 11 is 3.06. The van der Waals surface area contributed by atoms with E-state index < -0.39 is 21.8 Å². The lowest BCUT2D eigenvalue weighted by Crippen LogP contribution is -2.14. The van der Waals surface area contributed by atoms with Gasteiger partial charge >= 0.3 is 5.97 Å². The van der Waals surface area contributed by atoms with E-state index in [4.69, 9.17) is 5.11 Å². The number of sulfonamides is 1. The summed E-state index contributed by atoms with van der Waals surface area (Å²) in [5.41, 5.74) is -0.125. The van der Waals surface area contributed by atoms with E-state index in [1.54, 1.807) is 0 Å². The Kier molecular flexibility index (Phi) is 4.29. The van der Waals surface area contributed by atoms with Crippen molar-refractivity contribution in [2.75, 3.05) is 4.72 Å². The third-order valence-corrected chi connectivity index (χ3v) is 4.92. The van der Waals surface area contributed by atoms with Gasteiger partial charge in [-0.2, -0.15) is 0 Å². The quantitative estimate of drug-likeness (QED) is 0.862. The fraction of sp³-hybridized carbons (Fsp3) is 0. The zero-order valence-corrected chi connectivity index (χ0v) is 12.8. The molecule has 2 rings (SSSR count). The van der Waals surface area contributed by atoms with Crippen LogP contribution in [0.4, 0.5) is 10.1 Å². The fourth-order valence-electron chi connectivity index (χ4n) is 1.60. The van der Waals surface area contributed by atoms with Crippen LogP contribution in [0.15, 0.2) is 51.8 Å². The first kappa shape index (κ1) is 15.5. The molecule has 2 N–H and O–H groups in total. The van der Waals surface area contributed by atoms with E-state index in [2.05, 4.69) is 20.7 Å². The molecule has 21 heavy (non-hydrogen) atoms. The van der Waals surface area contributed by atoms with Gasteiger partial charge in [0.05, 0.1) is 11.3 Å². The van der Waals surface area contributed by atoms with Crippen molar-refractivity contribution in [3.05, 3.63) is 58.3 Å².